The predicted molar refractivity (Wildman–Crippen MR) is 45.0 cm³/mol. The molecule has 0 atom stereocenters. The van der Waals surface area contributed by atoms with Gasteiger partial charge in [0.25, 0.3) is 0 Å². The second kappa shape index (κ2) is 5.23. The summed E-state index contributed by atoms with van der Waals surface area (Å²) >= 11 is 0. The van der Waals surface area contributed by atoms with Crippen molar-refractivity contribution in [2.24, 2.45) is 0 Å². The Morgan fingerprint density at radius 2 is 2.09 bits per heavy atom. The van der Waals surface area contributed by atoms with E-state index < -0.39 is 0 Å². The normalized spacial score (nSPS) is 16.3. The third kappa shape index (κ3) is 3.45. The van der Waals surface area contributed by atoms with Gasteiger partial charge in [-0.25, -0.2) is 0 Å². The van der Waals surface area contributed by atoms with Crippen LogP contribution in [0.3, 0.4) is 0 Å². The lowest BCUT2D eigenvalue weighted by molar-refractivity contribution is 0.365. The second-order valence-corrected chi connectivity index (χ2v) is 2.50. The van der Waals surface area contributed by atoms with Crippen LogP contribution in [0.2, 0.25) is 0 Å². The molecule has 1 fully saturated rings. The Bertz CT molecular complexity index is 153. The number of unbranched alkanes of at least 4 members (excludes halogenated alkanes) is 2. The first kappa shape index (κ1) is 8.64. The molecule has 0 spiro atoms. The molecule has 60 valence electrons. The lowest BCUT2D eigenvalue weighted by Gasteiger charge is -1.90. The Kier molecular flexibility index (Phi) is 4.11. The summed E-state index contributed by atoms with van der Waals surface area (Å²) < 4.78 is 10.3. The Hall–Kier alpha value is -0.455. The molecule has 1 aliphatic rings. The summed E-state index contributed by atoms with van der Waals surface area (Å²) in [7, 11) is -0.244. The molecule has 0 amide bonds. The summed E-state index contributed by atoms with van der Waals surface area (Å²) in [6, 6.07) is 0. The van der Waals surface area contributed by atoms with Gasteiger partial charge >= 0.3 is 7.12 Å². The van der Waals surface area contributed by atoms with E-state index in [9.17, 15) is 0 Å². The molecule has 0 aliphatic carbocycles. The topological polar surface area (TPSA) is 18.5 Å². The van der Waals surface area contributed by atoms with Crippen molar-refractivity contribution >= 4 is 7.12 Å². The highest BCUT2D eigenvalue weighted by atomic mass is 16.6. The Balaban J connectivity index is 2.09. The van der Waals surface area contributed by atoms with E-state index >= 15 is 0 Å². The number of hydrogen-bond acceptors (Lipinski definition) is 2. The number of rotatable bonds is 2. The van der Waals surface area contributed by atoms with Crippen molar-refractivity contribution in [2.75, 3.05) is 13.2 Å². The summed E-state index contributed by atoms with van der Waals surface area (Å²) in [5, 5.41) is 0. The monoisotopic (exact) mass is 152 g/mol. The third-order valence-electron chi connectivity index (χ3n) is 1.50. The molecule has 0 aromatic carbocycles. The summed E-state index contributed by atoms with van der Waals surface area (Å²) in [5.74, 6) is 5.95. The van der Waals surface area contributed by atoms with Gasteiger partial charge in [-0.1, -0.05) is 19.2 Å². The van der Waals surface area contributed by atoms with Gasteiger partial charge in [0.15, 0.2) is 0 Å². The number of hydrogen-bond donors (Lipinski definition) is 0. The minimum absolute atomic E-state index is 0.244. The molecular weight excluding hydrogens is 139 g/mol. The van der Waals surface area contributed by atoms with Crippen LogP contribution in [0.4, 0.5) is 0 Å². The molecule has 0 N–H and O–H groups in total. The van der Waals surface area contributed by atoms with Crippen LogP contribution in [0.25, 0.3) is 0 Å². The van der Waals surface area contributed by atoms with Crippen LogP contribution in [0, 0.1) is 11.7 Å². The van der Waals surface area contributed by atoms with E-state index in [4.69, 9.17) is 9.31 Å². The summed E-state index contributed by atoms with van der Waals surface area (Å²) in [6.45, 7) is 3.53. The smallest absolute Gasteiger partial charge is 0.398 e. The quantitative estimate of drug-likeness (QED) is 0.336. The highest BCUT2D eigenvalue weighted by Gasteiger charge is 2.20. The van der Waals surface area contributed by atoms with Gasteiger partial charge in [0, 0.05) is 6.42 Å². The molecule has 0 aromatic rings. The second-order valence-electron chi connectivity index (χ2n) is 2.50. The van der Waals surface area contributed by atoms with Crippen molar-refractivity contribution in [3.05, 3.63) is 0 Å². The van der Waals surface area contributed by atoms with E-state index in [0.717, 1.165) is 6.42 Å². The molecule has 3 heteroatoms. The molecule has 2 nitrogen and oxygen atoms in total. The molecule has 1 heterocycles. The molecule has 1 rings (SSSR count). The molecule has 1 aliphatic heterocycles. The van der Waals surface area contributed by atoms with Gasteiger partial charge < -0.3 is 9.31 Å². The van der Waals surface area contributed by atoms with Crippen molar-refractivity contribution < 1.29 is 9.31 Å². The van der Waals surface area contributed by atoms with E-state index in [-0.39, 0.29) is 7.12 Å². The summed E-state index contributed by atoms with van der Waals surface area (Å²) in [5.41, 5.74) is 0. The van der Waals surface area contributed by atoms with Crippen molar-refractivity contribution in [3.63, 3.8) is 0 Å². The van der Waals surface area contributed by atoms with Crippen LogP contribution in [-0.2, 0) is 9.31 Å². The maximum absolute atomic E-state index is 5.14. The molecule has 1 saturated heterocycles. The lowest BCUT2D eigenvalue weighted by atomic mass is 9.92. The van der Waals surface area contributed by atoms with Crippen molar-refractivity contribution in [1.29, 1.82) is 0 Å². The average molecular weight is 152 g/mol. The molecule has 0 unspecified atom stereocenters. The summed E-state index contributed by atoms with van der Waals surface area (Å²) in [6.07, 6.45) is 3.32. The minimum atomic E-state index is -0.244. The van der Waals surface area contributed by atoms with Crippen LogP contribution in [0.5, 0.6) is 0 Å². The zero-order chi connectivity index (χ0) is 7.94. The third-order valence-corrected chi connectivity index (χ3v) is 1.50. The van der Waals surface area contributed by atoms with Crippen LogP contribution in [0.15, 0.2) is 0 Å². The fourth-order valence-electron chi connectivity index (χ4n) is 0.862. The van der Waals surface area contributed by atoms with Crippen LogP contribution < -0.4 is 0 Å². The Morgan fingerprint density at radius 3 is 2.73 bits per heavy atom. The van der Waals surface area contributed by atoms with Crippen LogP contribution in [-0.4, -0.2) is 20.3 Å². The summed E-state index contributed by atoms with van der Waals surface area (Å²) in [4.78, 5) is 0. The SMILES string of the molecule is CCCCC#CB1OCCO1. The largest absolute Gasteiger partial charge is 0.550 e. The van der Waals surface area contributed by atoms with Crippen molar-refractivity contribution in [3.8, 4) is 11.7 Å². The molecule has 0 radical (unpaired) electrons. The van der Waals surface area contributed by atoms with Gasteiger partial charge in [-0.3, -0.25) is 0 Å². The maximum atomic E-state index is 5.14. The fourth-order valence-corrected chi connectivity index (χ4v) is 0.862. The van der Waals surface area contributed by atoms with E-state index in [1.807, 2.05) is 0 Å². The van der Waals surface area contributed by atoms with Gasteiger partial charge in [0.1, 0.15) is 0 Å². The molecule has 11 heavy (non-hydrogen) atoms. The van der Waals surface area contributed by atoms with Gasteiger partial charge in [0.05, 0.1) is 13.2 Å². The standard InChI is InChI=1S/C8H13BO2/c1-2-3-4-5-6-9-10-7-8-11-9/h2-4,7-8H2,1H3. The highest BCUT2D eigenvalue weighted by Crippen LogP contribution is 1.97. The van der Waals surface area contributed by atoms with Crippen LogP contribution in [0.1, 0.15) is 26.2 Å². The van der Waals surface area contributed by atoms with Crippen molar-refractivity contribution in [1.82, 2.24) is 0 Å². The first-order valence-corrected chi connectivity index (χ1v) is 4.15. The maximum Gasteiger partial charge on any atom is 0.550 e. The van der Waals surface area contributed by atoms with Crippen molar-refractivity contribution in [2.45, 2.75) is 26.2 Å². The van der Waals surface area contributed by atoms with E-state index in [2.05, 4.69) is 18.7 Å². The minimum Gasteiger partial charge on any atom is -0.398 e. The van der Waals surface area contributed by atoms with E-state index in [1.54, 1.807) is 0 Å². The van der Waals surface area contributed by atoms with Gasteiger partial charge in [-0.05, 0) is 6.42 Å². The van der Waals surface area contributed by atoms with E-state index in [0.29, 0.717) is 13.2 Å². The molecular formula is C8H13BO2. The molecule has 0 bridgehead atoms. The zero-order valence-electron chi connectivity index (χ0n) is 6.93. The zero-order valence-corrected chi connectivity index (χ0v) is 6.93. The first-order valence-electron chi connectivity index (χ1n) is 4.15. The van der Waals surface area contributed by atoms with E-state index in [1.165, 1.54) is 12.8 Å². The molecule has 0 aromatic heterocycles. The van der Waals surface area contributed by atoms with Crippen LogP contribution >= 0.6 is 0 Å². The molecule has 0 saturated carbocycles. The lowest BCUT2D eigenvalue weighted by Crippen LogP contribution is -2.10. The predicted octanol–water partition coefficient (Wildman–Crippen LogP) is 1.25. The Labute approximate surface area is 68.4 Å². The highest BCUT2D eigenvalue weighted by molar-refractivity contribution is 6.54. The average Bonchev–Trinajstić information content (AvgIpc) is 2.50. The van der Waals surface area contributed by atoms with Gasteiger partial charge in [-0.2, -0.15) is 0 Å². The van der Waals surface area contributed by atoms with Gasteiger partial charge in [0.2, 0.25) is 0 Å². The fraction of sp³-hybridized carbons (Fsp3) is 0.750. The first-order chi connectivity index (χ1) is 5.43. The van der Waals surface area contributed by atoms with Gasteiger partial charge in [-0.15, -0.1) is 5.92 Å². The Morgan fingerprint density at radius 1 is 1.36 bits per heavy atom.